The summed E-state index contributed by atoms with van der Waals surface area (Å²) in [5, 5.41) is 3.51. The molecule has 0 aliphatic heterocycles. The standard InChI is InChI=1S/C15H21N/c1-3-16-12-15(9-4-5-10-15)14-8-6-7-13(2)11-14/h4-8,11,16H,3,9-10,12H2,1-2H3. The van der Waals surface area contributed by atoms with Gasteiger partial charge in [-0.1, -0.05) is 48.9 Å². The lowest BCUT2D eigenvalue weighted by Gasteiger charge is -2.30. The summed E-state index contributed by atoms with van der Waals surface area (Å²) in [6.07, 6.45) is 6.98. The molecule has 0 fully saturated rings. The molecule has 1 aliphatic carbocycles. The Morgan fingerprint density at radius 2 is 2.00 bits per heavy atom. The second-order valence-corrected chi connectivity index (χ2v) is 4.81. The number of aryl methyl sites for hydroxylation is 1. The van der Waals surface area contributed by atoms with Crippen LogP contribution in [0.1, 0.15) is 30.9 Å². The summed E-state index contributed by atoms with van der Waals surface area (Å²) >= 11 is 0. The fourth-order valence-electron chi connectivity index (χ4n) is 2.52. The second kappa shape index (κ2) is 4.84. The van der Waals surface area contributed by atoms with Gasteiger partial charge in [0.25, 0.3) is 0 Å². The van der Waals surface area contributed by atoms with E-state index in [0.29, 0.717) is 5.41 Å². The monoisotopic (exact) mass is 215 g/mol. The maximum absolute atomic E-state index is 3.51. The summed E-state index contributed by atoms with van der Waals surface area (Å²) in [5.41, 5.74) is 3.15. The molecule has 0 amide bonds. The highest BCUT2D eigenvalue weighted by Crippen LogP contribution is 2.36. The zero-order chi connectivity index (χ0) is 11.4. The molecule has 2 rings (SSSR count). The number of hydrogen-bond acceptors (Lipinski definition) is 1. The molecule has 0 bridgehead atoms. The number of rotatable bonds is 4. The van der Waals surface area contributed by atoms with Crippen LogP contribution in [0.3, 0.4) is 0 Å². The van der Waals surface area contributed by atoms with E-state index in [-0.39, 0.29) is 0 Å². The van der Waals surface area contributed by atoms with Crippen LogP contribution in [0.4, 0.5) is 0 Å². The van der Waals surface area contributed by atoms with Crippen molar-refractivity contribution >= 4 is 0 Å². The van der Waals surface area contributed by atoms with Gasteiger partial charge in [0.15, 0.2) is 0 Å². The second-order valence-electron chi connectivity index (χ2n) is 4.81. The van der Waals surface area contributed by atoms with Gasteiger partial charge in [-0.15, -0.1) is 0 Å². The summed E-state index contributed by atoms with van der Waals surface area (Å²) in [6.45, 7) is 6.48. The highest BCUT2D eigenvalue weighted by Gasteiger charge is 2.32. The molecule has 0 atom stereocenters. The Hall–Kier alpha value is -1.08. The predicted octanol–water partition coefficient (Wildman–Crippen LogP) is 3.19. The van der Waals surface area contributed by atoms with Crippen LogP contribution in [-0.4, -0.2) is 13.1 Å². The van der Waals surface area contributed by atoms with Gasteiger partial charge in [-0.05, 0) is 31.9 Å². The Morgan fingerprint density at radius 3 is 2.62 bits per heavy atom. The molecule has 1 aliphatic rings. The fourth-order valence-corrected chi connectivity index (χ4v) is 2.52. The molecule has 0 heterocycles. The fraction of sp³-hybridized carbons (Fsp3) is 0.467. The quantitative estimate of drug-likeness (QED) is 0.761. The van der Waals surface area contributed by atoms with Crippen LogP contribution in [0.25, 0.3) is 0 Å². The minimum atomic E-state index is 0.308. The lowest BCUT2D eigenvalue weighted by Crippen LogP contribution is -2.36. The molecule has 0 saturated heterocycles. The Balaban J connectivity index is 2.25. The molecule has 0 unspecified atom stereocenters. The largest absolute Gasteiger partial charge is 0.316 e. The highest BCUT2D eigenvalue weighted by atomic mass is 14.9. The number of hydrogen-bond donors (Lipinski definition) is 1. The molecule has 0 saturated carbocycles. The summed E-state index contributed by atoms with van der Waals surface area (Å²) in [7, 11) is 0. The van der Waals surface area contributed by atoms with E-state index >= 15 is 0 Å². The van der Waals surface area contributed by atoms with Crippen molar-refractivity contribution in [2.45, 2.75) is 32.1 Å². The summed E-state index contributed by atoms with van der Waals surface area (Å²) in [5.74, 6) is 0. The normalized spacial score (nSPS) is 17.9. The lowest BCUT2D eigenvalue weighted by molar-refractivity contribution is 0.424. The van der Waals surface area contributed by atoms with E-state index in [4.69, 9.17) is 0 Å². The average Bonchev–Trinajstić information content (AvgIpc) is 2.76. The lowest BCUT2D eigenvalue weighted by atomic mass is 9.77. The van der Waals surface area contributed by atoms with Crippen molar-refractivity contribution in [1.29, 1.82) is 0 Å². The maximum atomic E-state index is 3.51. The number of benzene rings is 1. The van der Waals surface area contributed by atoms with Crippen molar-refractivity contribution in [1.82, 2.24) is 5.32 Å². The van der Waals surface area contributed by atoms with Gasteiger partial charge in [-0.25, -0.2) is 0 Å². The van der Waals surface area contributed by atoms with Gasteiger partial charge in [0.1, 0.15) is 0 Å². The summed E-state index contributed by atoms with van der Waals surface area (Å²) in [4.78, 5) is 0. The average molecular weight is 215 g/mol. The van der Waals surface area contributed by atoms with Gasteiger partial charge in [0, 0.05) is 12.0 Å². The smallest absolute Gasteiger partial charge is 0.0147 e. The third-order valence-electron chi connectivity index (χ3n) is 3.53. The van der Waals surface area contributed by atoms with Crippen LogP contribution in [0.15, 0.2) is 36.4 Å². The first-order valence-electron chi connectivity index (χ1n) is 6.20. The first-order chi connectivity index (χ1) is 7.77. The van der Waals surface area contributed by atoms with Crippen LogP contribution in [0.2, 0.25) is 0 Å². The van der Waals surface area contributed by atoms with E-state index in [9.17, 15) is 0 Å². The summed E-state index contributed by atoms with van der Waals surface area (Å²) < 4.78 is 0. The van der Waals surface area contributed by atoms with Crippen LogP contribution in [0.5, 0.6) is 0 Å². The van der Waals surface area contributed by atoms with Crippen molar-refractivity contribution < 1.29 is 0 Å². The van der Waals surface area contributed by atoms with Crippen LogP contribution < -0.4 is 5.32 Å². The Kier molecular flexibility index (Phi) is 3.45. The van der Waals surface area contributed by atoms with Crippen molar-refractivity contribution in [3.8, 4) is 0 Å². The molecule has 86 valence electrons. The van der Waals surface area contributed by atoms with E-state index in [1.165, 1.54) is 24.0 Å². The van der Waals surface area contributed by atoms with Crippen molar-refractivity contribution in [2.75, 3.05) is 13.1 Å². The molecule has 0 spiro atoms. The van der Waals surface area contributed by atoms with Crippen LogP contribution >= 0.6 is 0 Å². The third kappa shape index (κ3) is 2.19. The minimum Gasteiger partial charge on any atom is -0.316 e. The third-order valence-corrected chi connectivity index (χ3v) is 3.53. The molecule has 16 heavy (non-hydrogen) atoms. The van der Waals surface area contributed by atoms with E-state index in [1.807, 2.05) is 0 Å². The van der Waals surface area contributed by atoms with Crippen molar-refractivity contribution in [2.24, 2.45) is 0 Å². The summed E-state index contributed by atoms with van der Waals surface area (Å²) in [6, 6.07) is 8.96. The first kappa shape index (κ1) is 11.4. The van der Waals surface area contributed by atoms with Crippen LogP contribution in [-0.2, 0) is 5.41 Å². The topological polar surface area (TPSA) is 12.0 Å². The SMILES string of the molecule is CCNCC1(c2cccc(C)c2)CC=CC1. The highest BCUT2D eigenvalue weighted by molar-refractivity contribution is 5.33. The number of likely N-dealkylation sites (N-methyl/N-ethyl adjacent to an activating group) is 1. The van der Waals surface area contributed by atoms with Gasteiger partial charge in [-0.2, -0.15) is 0 Å². The van der Waals surface area contributed by atoms with Crippen molar-refractivity contribution in [3.63, 3.8) is 0 Å². The van der Waals surface area contributed by atoms with Crippen molar-refractivity contribution in [3.05, 3.63) is 47.5 Å². The van der Waals surface area contributed by atoms with Gasteiger partial charge in [0.2, 0.25) is 0 Å². The number of allylic oxidation sites excluding steroid dienone is 2. The zero-order valence-corrected chi connectivity index (χ0v) is 10.3. The van der Waals surface area contributed by atoms with Gasteiger partial charge < -0.3 is 5.32 Å². The van der Waals surface area contributed by atoms with E-state index in [2.05, 4.69) is 55.6 Å². The molecular formula is C15H21N. The molecule has 1 aromatic rings. The molecular weight excluding hydrogens is 194 g/mol. The molecule has 1 N–H and O–H groups in total. The molecule has 0 aromatic heterocycles. The predicted molar refractivity (Wildman–Crippen MR) is 69.8 cm³/mol. The molecule has 0 radical (unpaired) electrons. The Bertz CT molecular complexity index is 371. The van der Waals surface area contributed by atoms with Gasteiger partial charge in [-0.3, -0.25) is 0 Å². The van der Waals surface area contributed by atoms with Gasteiger partial charge in [0.05, 0.1) is 0 Å². The minimum absolute atomic E-state index is 0.308. The van der Waals surface area contributed by atoms with E-state index < -0.39 is 0 Å². The van der Waals surface area contributed by atoms with E-state index in [1.54, 1.807) is 0 Å². The first-order valence-corrected chi connectivity index (χ1v) is 6.20. The van der Waals surface area contributed by atoms with Gasteiger partial charge >= 0.3 is 0 Å². The molecule has 1 nitrogen and oxygen atoms in total. The maximum Gasteiger partial charge on any atom is 0.0147 e. The number of nitrogens with one attached hydrogen (secondary N) is 1. The Labute approximate surface area is 98.6 Å². The molecule has 1 heteroatoms. The Morgan fingerprint density at radius 1 is 1.25 bits per heavy atom. The molecule has 1 aromatic carbocycles. The van der Waals surface area contributed by atoms with Crippen LogP contribution in [0, 0.1) is 6.92 Å². The van der Waals surface area contributed by atoms with E-state index in [0.717, 1.165) is 13.1 Å². The zero-order valence-electron chi connectivity index (χ0n) is 10.3.